The van der Waals surface area contributed by atoms with Crippen LogP contribution < -0.4 is 10.1 Å². The average Bonchev–Trinajstić information content (AvgIpc) is 2.42. The highest BCUT2D eigenvalue weighted by molar-refractivity contribution is 6.31. The van der Waals surface area contributed by atoms with E-state index in [-0.39, 0.29) is 0 Å². The molecule has 108 valence electrons. The summed E-state index contributed by atoms with van der Waals surface area (Å²) in [5.41, 5.74) is 1.07. The number of hydrogen-bond donors (Lipinski definition) is 1. The van der Waals surface area contributed by atoms with E-state index in [1.165, 1.54) is 19.3 Å². The average molecular weight is 284 g/mol. The van der Waals surface area contributed by atoms with Gasteiger partial charge in [0.2, 0.25) is 0 Å². The van der Waals surface area contributed by atoms with E-state index in [0.29, 0.717) is 6.04 Å². The molecule has 3 heteroatoms. The van der Waals surface area contributed by atoms with Crippen molar-refractivity contribution in [1.82, 2.24) is 5.32 Å². The topological polar surface area (TPSA) is 21.3 Å². The van der Waals surface area contributed by atoms with Crippen LogP contribution in [0.5, 0.6) is 5.75 Å². The lowest BCUT2D eigenvalue weighted by Gasteiger charge is -2.16. The number of nitrogens with one attached hydrogen (secondary N) is 1. The minimum Gasteiger partial charge on any atom is -0.494 e. The van der Waals surface area contributed by atoms with Gasteiger partial charge in [0.05, 0.1) is 6.61 Å². The summed E-state index contributed by atoms with van der Waals surface area (Å²) in [4.78, 5) is 0. The van der Waals surface area contributed by atoms with Crippen molar-refractivity contribution < 1.29 is 4.74 Å². The number of hydrogen-bond acceptors (Lipinski definition) is 2. The highest BCUT2D eigenvalue weighted by Gasteiger charge is 2.04. The summed E-state index contributed by atoms with van der Waals surface area (Å²) in [5.74, 6) is 0.913. The van der Waals surface area contributed by atoms with Crippen LogP contribution in [-0.2, 0) is 0 Å². The Balaban J connectivity index is 2.24. The minimum atomic E-state index is 0.621. The summed E-state index contributed by atoms with van der Waals surface area (Å²) >= 11 is 5.99. The molecule has 1 N–H and O–H groups in total. The predicted octanol–water partition coefficient (Wildman–Crippen LogP) is 4.59. The third kappa shape index (κ3) is 6.31. The molecule has 0 spiro atoms. The number of benzene rings is 1. The molecular weight excluding hydrogens is 258 g/mol. The van der Waals surface area contributed by atoms with Gasteiger partial charge < -0.3 is 10.1 Å². The van der Waals surface area contributed by atoms with Gasteiger partial charge in [-0.25, -0.2) is 0 Å². The maximum atomic E-state index is 5.99. The molecule has 0 aliphatic carbocycles. The van der Waals surface area contributed by atoms with Crippen LogP contribution in [0.15, 0.2) is 18.2 Å². The van der Waals surface area contributed by atoms with Crippen LogP contribution in [0.2, 0.25) is 5.02 Å². The normalized spacial score (nSPS) is 12.4. The fraction of sp³-hybridized carbons (Fsp3) is 0.625. The van der Waals surface area contributed by atoms with Crippen LogP contribution in [0.4, 0.5) is 0 Å². The van der Waals surface area contributed by atoms with Gasteiger partial charge in [0.15, 0.2) is 0 Å². The van der Waals surface area contributed by atoms with Gasteiger partial charge in [0.1, 0.15) is 5.75 Å². The Morgan fingerprint density at radius 3 is 2.74 bits per heavy atom. The zero-order chi connectivity index (χ0) is 14.1. The van der Waals surface area contributed by atoms with Gasteiger partial charge >= 0.3 is 0 Å². The van der Waals surface area contributed by atoms with Gasteiger partial charge in [-0.1, -0.05) is 25.4 Å². The van der Waals surface area contributed by atoms with Crippen LogP contribution in [0.25, 0.3) is 0 Å². The number of aryl methyl sites for hydroxylation is 1. The lowest BCUT2D eigenvalue weighted by molar-refractivity contribution is 0.294. The van der Waals surface area contributed by atoms with E-state index < -0.39 is 0 Å². The Morgan fingerprint density at radius 1 is 1.32 bits per heavy atom. The summed E-state index contributed by atoms with van der Waals surface area (Å²) in [5, 5.41) is 4.36. The van der Waals surface area contributed by atoms with Gasteiger partial charge in [-0.05, 0) is 62.9 Å². The van der Waals surface area contributed by atoms with Crippen molar-refractivity contribution in [2.45, 2.75) is 52.5 Å². The predicted molar refractivity (Wildman–Crippen MR) is 83.3 cm³/mol. The van der Waals surface area contributed by atoms with Crippen molar-refractivity contribution >= 4 is 11.6 Å². The maximum absolute atomic E-state index is 5.99. The molecule has 0 saturated carbocycles. The van der Waals surface area contributed by atoms with Gasteiger partial charge in [-0.2, -0.15) is 0 Å². The van der Waals surface area contributed by atoms with Gasteiger partial charge in [-0.15, -0.1) is 0 Å². The molecule has 0 radical (unpaired) electrons. The molecular formula is C16H26ClNO. The van der Waals surface area contributed by atoms with Gasteiger partial charge in [0.25, 0.3) is 0 Å². The van der Waals surface area contributed by atoms with Crippen molar-refractivity contribution in [1.29, 1.82) is 0 Å². The third-order valence-corrected chi connectivity index (χ3v) is 3.69. The molecule has 2 nitrogen and oxygen atoms in total. The fourth-order valence-corrected chi connectivity index (χ4v) is 2.14. The molecule has 0 aromatic heterocycles. The number of halogens is 1. The van der Waals surface area contributed by atoms with Gasteiger partial charge in [-0.3, -0.25) is 0 Å². The van der Waals surface area contributed by atoms with E-state index in [0.717, 1.165) is 35.9 Å². The fourth-order valence-electron chi connectivity index (χ4n) is 2.03. The van der Waals surface area contributed by atoms with Crippen LogP contribution in [-0.4, -0.2) is 19.2 Å². The van der Waals surface area contributed by atoms with Crippen LogP contribution >= 0.6 is 11.6 Å². The van der Waals surface area contributed by atoms with Crippen molar-refractivity contribution in [3.05, 3.63) is 28.8 Å². The quantitative estimate of drug-likeness (QED) is 0.670. The molecule has 0 saturated heterocycles. The SMILES string of the molecule is CCCNC(CC)CCCOc1ccc(Cl)c(C)c1. The molecule has 1 rings (SSSR count). The third-order valence-electron chi connectivity index (χ3n) is 3.27. The first-order valence-corrected chi connectivity index (χ1v) is 7.67. The van der Waals surface area contributed by atoms with E-state index in [1.54, 1.807) is 0 Å². The molecule has 0 amide bonds. The molecule has 1 aromatic rings. The molecule has 0 fully saturated rings. The van der Waals surface area contributed by atoms with Crippen LogP contribution in [0.1, 0.15) is 45.1 Å². The lowest BCUT2D eigenvalue weighted by atomic mass is 10.1. The molecule has 0 aliphatic rings. The monoisotopic (exact) mass is 283 g/mol. The minimum absolute atomic E-state index is 0.621. The molecule has 1 atom stereocenters. The number of rotatable bonds is 9. The second kappa shape index (κ2) is 9.22. The highest BCUT2D eigenvalue weighted by Crippen LogP contribution is 2.21. The lowest BCUT2D eigenvalue weighted by Crippen LogP contribution is -2.29. The van der Waals surface area contributed by atoms with E-state index in [4.69, 9.17) is 16.3 Å². The first kappa shape index (κ1) is 16.3. The zero-order valence-corrected chi connectivity index (χ0v) is 13.1. The largest absolute Gasteiger partial charge is 0.494 e. The van der Waals surface area contributed by atoms with E-state index in [9.17, 15) is 0 Å². The maximum Gasteiger partial charge on any atom is 0.119 e. The van der Waals surface area contributed by atoms with Crippen molar-refractivity contribution in [2.75, 3.05) is 13.2 Å². The molecule has 1 unspecified atom stereocenters. The molecule has 0 aliphatic heterocycles. The standard InChI is InChI=1S/C16H26ClNO/c1-4-10-18-14(5-2)7-6-11-19-15-8-9-16(17)13(3)12-15/h8-9,12,14,18H,4-7,10-11H2,1-3H3. The molecule has 0 bridgehead atoms. The zero-order valence-electron chi connectivity index (χ0n) is 12.3. The summed E-state index contributed by atoms with van der Waals surface area (Å²) in [6.45, 7) is 8.31. The first-order chi connectivity index (χ1) is 9.17. The Labute approximate surface area is 122 Å². The van der Waals surface area contributed by atoms with Crippen molar-refractivity contribution in [2.24, 2.45) is 0 Å². The Hall–Kier alpha value is -0.730. The molecule has 19 heavy (non-hydrogen) atoms. The summed E-state index contributed by atoms with van der Waals surface area (Å²) in [6.07, 6.45) is 4.62. The van der Waals surface area contributed by atoms with Gasteiger partial charge in [0, 0.05) is 11.1 Å². The number of ether oxygens (including phenoxy) is 1. The summed E-state index contributed by atoms with van der Waals surface area (Å²) in [6, 6.07) is 6.44. The van der Waals surface area contributed by atoms with Crippen molar-refractivity contribution in [3.63, 3.8) is 0 Å². The second-order valence-corrected chi connectivity index (χ2v) is 5.37. The second-order valence-electron chi connectivity index (χ2n) is 4.96. The first-order valence-electron chi connectivity index (χ1n) is 7.29. The Bertz CT molecular complexity index is 368. The smallest absolute Gasteiger partial charge is 0.119 e. The van der Waals surface area contributed by atoms with E-state index >= 15 is 0 Å². The van der Waals surface area contributed by atoms with E-state index in [2.05, 4.69) is 19.2 Å². The molecule has 1 aromatic carbocycles. The highest BCUT2D eigenvalue weighted by atomic mass is 35.5. The van der Waals surface area contributed by atoms with Crippen molar-refractivity contribution in [3.8, 4) is 5.75 Å². The van der Waals surface area contributed by atoms with Crippen LogP contribution in [0, 0.1) is 6.92 Å². The summed E-state index contributed by atoms with van der Waals surface area (Å²) < 4.78 is 5.75. The summed E-state index contributed by atoms with van der Waals surface area (Å²) in [7, 11) is 0. The molecule has 0 heterocycles. The Kier molecular flexibility index (Phi) is 7.92. The van der Waals surface area contributed by atoms with Crippen LogP contribution in [0.3, 0.4) is 0 Å². The Morgan fingerprint density at radius 2 is 2.11 bits per heavy atom. The van der Waals surface area contributed by atoms with E-state index in [1.807, 2.05) is 25.1 Å².